The van der Waals surface area contributed by atoms with Crippen molar-refractivity contribution < 1.29 is 14.6 Å². The van der Waals surface area contributed by atoms with E-state index in [9.17, 15) is 9.90 Å². The normalized spacial score (nSPS) is 15.9. The molecule has 0 bridgehead atoms. The number of aryl methyl sites for hydroxylation is 1. The van der Waals surface area contributed by atoms with Crippen LogP contribution in [0.2, 0.25) is 0 Å². The molecule has 2 heterocycles. The number of fused-ring (bicyclic) bond motifs is 1. The van der Waals surface area contributed by atoms with E-state index in [1.165, 1.54) is 0 Å². The van der Waals surface area contributed by atoms with Gasteiger partial charge >= 0.3 is 5.97 Å². The standard InChI is InChI=1S/C13H15N3O3/c1-9-14-11-4-2-3-10(13(17)18)12(11)16(9)15-5-7-19-8-6-15/h2-4H,5-8H2,1H3,(H,17,18). The van der Waals surface area contributed by atoms with Gasteiger partial charge in [-0.15, -0.1) is 0 Å². The summed E-state index contributed by atoms with van der Waals surface area (Å²) >= 11 is 0. The number of hydrogen-bond donors (Lipinski definition) is 1. The molecule has 0 aliphatic carbocycles. The van der Waals surface area contributed by atoms with Crippen LogP contribution in [0.3, 0.4) is 0 Å². The Kier molecular flexibility index (Phi) is 2.87. The molecule has 3 rings (SSSR count). The summed E-state index contributed by atoms with van der Waals surface area (Å²) in [6.07, 6.45) is 0. The van der Waals surface area contributed by atoms with Crippen LogP contribution in [0.15, 0.2) is 18.2 Å². The van der Waals surface area contributed by atoms with Crippen LogP contribution in [0.4, 0.5) is 0 Å². The molecule has 0 radical (unpaired) electrons. The van der Waals surface area contributed by atoms with Gasteiger partial charge in [-0.2, -0.15) is 0 Å². The fraction of sp³-hybridized carbons (Fsp3) is 0.385. The first-order valence-electron chi connectivity index (χ1n) is 6.23. The Bertz CT molecular complexity index is 629. The number of carboxylic acid groups (broad SMARTS) is 1. The van der Waals surface area contributed by atoms with Crippen LogP contribution in [-0.4, -0.2) is 47.0 Å². The van der Waals surface area contributed by atoms with Crippen molar-refractivity contribution in [1.29, 1.82) is 0 Å². The SMILES string of the molecule is Cc1nc2cccc(C(=O)O)c2n1N1CCOCC1. The highest BCUT2D eigenvalue weighted by Gasteiger charge is 2.20. The van der Waals surface area contributed by atoms with Gasteiger partial charge in [0.2, 0.25) is 0 Å². The van der Waals surface area contributed by atoms with E-state index in [0.29, 0.717) is 24.2 Å². The van der Waals surface area contributed by atoms with E-state index in [1.54, 1.807) is 12.1 Å². The number of ether oxygens (including phenoxy) is 1. The van der Waals surface area contributed by atoms with Crippen molar-refractivity contribution in [3.8, 4) is 0 Å². The summed E-state index contributed by atoms with van der Waals surface area (Å²) in [5.41, 5.74) is 1.66. The highest BCUT2D eigenvalue weighted by atomic mass is 16.5. The fourth-order valence-electron chi connectivity index (χ4n) is 2.50. The van der Waals surface area contributed by atoms with Crippen molar-refractivity contribution in [2.75, 3.05) is 31.3 Å². The zero-order valence-corrected chi connectivity index (χ0v) is 10.7. The van der Waals surface area contributed by atoms with Crippen LogP contribution in [-0.2, 0) is 4.74 Å². The van der Waals surface area contributed by atoms with Gasteiger partial charge in [0, 0.05) is 0 Å². The average Bonchev–Trinajstić information content (AvgIpc) is 2.75. The van der Waals surface area contributed by atoms with Crippen LogP contribution in [0.5, 0.6) is 0 Å². The van der Waals surface area contributed by atoms with Gasteiger partial charge in [0.15, 0.2) is 0 Å². The summed E-state index contributed by atoms with van der Waals surface area (Å²) in [7, 11) is 0. The lowest BCUT2D eigenvalue weighted by molar-refractivity contribution is 0.0698. The lowest BCUT2D eigenvalue weighted by Gasteiger charge is -2.31. The van der Waals surface area contributed by atoms with E-state index in [4.69, 9.17) is 4.74 Å². The molecule has 1 aromatic carbocycles. The molecule has 1 aliphatic heterocycles. The highest BCUT2D eigenvalue weighted by Crippen LogP contribution is 2.21. The fourth-order valence-corrected chi connectivity index (χ4v) is 2.50. The predicted molar refractivity (Wildman–Crippen MR) is 70.2 cm³/mol. The van der Waals surface area contributed by atoms with Gasteiger partial charge < -0.3 is 14.9 Å². The average molecular weight is 261 g/mol. The Morgan fingerprint density at radius 1 is 1.37 bits per heavy atom. The minimum atomic E-state index is -0.931. The van der Waals surface area contributed by atoms with Crippen molar-refractivity contribution in [3.63, 3.8) is 0 Å². The summed E-state index contributed by atoms with van der Waals surface area (Å²) < 4.78 is 7.24. The molecule has 19 heavy (non-hydrogen) atoms. The largest absolute Gasteiger partial charge is 0.478 e. The number of aromatic carboxylic acids is 1. The smallest absolute Gasteiger partial charge is 0.337 e. The number of morpholine rings is 1. The molecule has 1 aliphatic rings. The van der Waals surface area contributed by atoms with Gasteiger partial charge in [0.25, 0.3) is 0 Å². The number of hydrogen-bond acceptors (Lipinski definition) is 4. The molecule has 0 unspecified atom stereocenters. The molecule has 6 heteroatoms. The molecule has 0 atom stereocenters. The minimum absolute atomic E-state index is 0.282. The lowest BCUT2D eigenvalue weighted by atomic mass is 10.2. The van der Waals surface area contributed by atoms with Crippen molar-refractivity contribution in [3.05, 3.63) is 29.6 Å². The number of carboxylic acids is 1. The Labute approximate surface area is 110 Å². The Balaban J connectivity index is 2.21. The van der Waals surface area contributed by atoms with Crippen LogP contribution < -0.4 is 5.01 Å². The molecule has 0 saturated carbocycles. The van der Waals surface area contributed by atoms with Gasteiger partial charge in [-0.05, 0) is 19.1 Å². The molecule has 2 aromatic rings. The van der Waals surface area contributed by atoms with Crippen LogP contribution >= 0.6 is 0 Å². The third-order valence-corrected chi connectivity index (χ3v) is 3.32. The van der Waals surface area contributed by atoms with E-state index in [0.717, 1.165) is 18.9 Å². The number of benzene rings is 1. The van der Waals surface area contributed by atoms with E-state index in [2.05, 4.69) is 9.99 Å². The van der Waals surface area contributed by atoms with Crippen LogP contribution in [0.25, 0.3) is 11.0 Å². The van der Waals surface area contributed by atoms with Crippen molar-refractivity contribution >= 4 is 17.0 Å². The maximum Gasteiger partial charge on any atom is 0.337 e. The summed E-state index contributed by atoms with van der Waals surface area (Å²) in [6.45, 7) is 4.66. The van der Waals surface area contributed by atoms with Gasteiger partial charge in [-0.3, -0.25) is 0 Å². The van der Waals surface area contributed by atoms with E-state index in [-0.39, 0.29) is 5.56 Å². The second kappa shape index (κ2) is 4.55. The number of imidazole rings is 1. The second-order valence-electron chi connectivity index (χ2n) is 4.52. The predicted octanol–water partition coefficient (Wildman–Crippen LogP) is 1.01. The number of nitrogens with zero attached hydrogens (tertiary/aromatic N) is 3. The topological polar surface area (TPSA) is 67.6 Å². The first kappa shape index (κ1) is 12.0. The maximum absolute atomic E-state index is 11.4. The lowest BCUT2D eigenvalue weighted by Crippen LogP contribution is -2.44. The summed E-state index contributed by atoms with van der Waals surface area (Å²) in [6, 6.07) is 5.18. The Morgan fingerprint density at radius 3 is 2.79 bits per heavy atom. The molecule has 1 N–H and O–H groups in total. The molecular weight excluding hydrogens is 246 g/mol. The van der Waals surface area contributed by atoms with E-state index < -0.39 is 5.97 Å². The first-order valence-corrected chi connectivity index (χ1v) is 6.23. The van der Waals surface area contributed by atoms with Gasteiger partial charge in [-0.1, -0.05) is 6.07 Å². The molecule has 100 valence electrons. The van der Waals surface area contributed by atoms with Crippen LogP contribution in [0.1, 0.15) is 16.2 Å². The van der Waals surface area contributed by atoms with Crippen molar-refractivity contribution in [2.45, 2.75) is 6.92 Å². The van der Waals surface area contributed by atoms with Gasteiger partial charge in [0.05, 0.1) is 37.4 Å². The van der Waals surface area contributed by atoms with Gasteiger partial charge in [0.1, 0.15) is 11.3 Å². The number of para-hydroxylation sites is 1. The van der Waals surface area contributed by atoms with E-state index in [1.807, 2.05) is 17.7 Å². The molecule has 0 amide bonds. The Morgan fingerprint density at radius 2 is 2.11 bits per heavy atom. The summed E-state index contributed by atoms with van der Waals surface area (Å²) in [5, 5.41) is 11.4. The highest BCUT2D eigenvalue weighted by molar-refractivity contribution is 6.01. The third-order valence-electron chi connectivity index (χ3n) is 3.32. The molecule has 1 fully saturated rings. The third kappa shape index (κ3) is 1.94. The molecule has 6 nitrogen and oxygen atoms in total. The summed E-state index contributed by atoms with van der Waals surface area (Å²) in [5.74, 6) is -0.134. The second-order valence-corrected chi connectivity index (χ2v) is 4.52. The first-order chi connectivity index (χ1) is 9.18. The quantitative estimate of drug-likeness (QED) is 0.874. The molecule has 1 aromatic heterocycles. The van der Waals surface area contributed by atoms with E-state index >= 15 is 0 Å². The molecule has 1 saturated heterocycles. The zero-order chi connectivity index (χ0) is 13.4. The number of aromatic nitrogens is 2. The monoisotopic (exact) mass is 261 g/mol. The Hall–Kier alpha value is -2.08. The van der Waals surface area contributed by atoms with Gasteiger partial charge in [-0.25, -0.2) is 14.5 Å². The summed E-state index contributed by atoms with van der Waals surface area (Å²) in [4.78, 5) is 15.8. The van der Waals surface area contributed by atoms with Crippen molar-refractivity contribution in [1.82, 2.24) is 9.66 Å². The van der Waals surface area contributed by atoms with Crippen LogP contribution in [0, 0.1) is 6.92 Å². The number of rotatable bonds is 2. The number of carbonyl (C=O) groups is 1. The zero-order valence-electron chi connectivity index (χ0n) is 10.7. The maximum atomic E-state index is 11.4. The van der Waals surface area contributed by atoms with Crippen molar-refractivity contribution in [2.24, 2.45) is 0 Å². The molecule has 0 spiro atoms. The molecular formula is C13H15N3O3. The minimum Gasteiger partial charge on any atom is -0.478 e.